The number of anilines is 1. The second-order valence-electron chi connectivity index (χ2n) is 5.75. The van der Waals surface area contributed by atoms with Crippen LogP contribution in [-0.2, 0) is 15.9 Å². The monoisotopic (exact) mass is 280 g/mol. The number of rotatable bonds is 5. The van der Waals surface area contributed by atoms with E-state index in [0.29, 0.717) is 18.7 Å². The number of benzene rings is 1. The molecular weight excluding hydrogens is 256 g/mol. The number of amides is 1. The van der Waals surface area contributed by atoms with Gasteiger partial charge < -0.3 is 15.2 Å². The molecule has 0 radical (unpaired) electrons. The highest BCUT2D eigenvalue weighted by molar-refractivity contribution is 5.84. The van der Waals surface area contributed by atoms with E-state index in [1.807, 2.05) is 45.0 Å². The Bertz CT molecular complexity index is 441. The van der Waals surface area contributed by atoms with Crippen LogP contribution in [0.4, 0.5) is 10.5 Å². The first-order valence-electron chi connectivity index (χ1n) is 6.63. The van der Waals surface area contributed by atoms with E-state index in [9.17, 15) is 4.79 Å². The number of hydrogen-bond donors (Lipinski definition) is 2. The highest BCUT2D eigenvalue weighted by Gasteiger charge is 2.16. The van der Waals surface area contributed by atoms with Gasteiger partial charge in [0.05, 0.1) is 6.61 Å². The van der Waals surface area contributed by atoms with Crippen LogP contribution in [0.1, 0.15) is 26.3 Å². The smallest absolute Gasteiger partial charge is 0.412 e. The first kappa shape index (κ1) is 16.5. The molecule has 1 aromatic rings. The molecule has 0 saturated heterocycles. The van der Waals surface area contributed by atoms with Crippen molar-refractivity contribution in [2.75, 3.05) is 19.0 Å². The number of ether oxygens (including phenoxy) is 2. The average Bonchev–Trinajstić information content (AvgIpc) is 2.26. The first-order chi connectivity index (χ1) is 9.30. The van der Waals surface area contributed by atoms with Crippen LogP contribution in [0.15, 0.2) is 24.3 Å². The molecule has 0 aliphatic rings. The zero-order valence-corrected chi connectivity index (χ0v) is 12.6. The number of carbonyl (C=O) groups excluding carboxylic acids is 1. The summed E-state index contributed by atoms with van der Waals surface area (Å²) in [6.07, 6.45) is 0.230. The van der Waals surface area contributed by atoms with Gasteiger partial charge >= 0.3 is 6.09 Å². The molecule has 5 nitrogen and oxygen atoms in total. The van der Waals surface area contributed by atoms with Gasteiger partial charge in [0.1, 0.15) is 5.60 Å². The molecule has 5 heteroatoms. The van der Waals surface area contributed by atoms with Crippen molar-refractivity contribution in [2.45, 2.75) is 38.8 Å². The maximum absolute atomic E-state index is 11.7. The Morgan fingerprint density at radius 1 is 1.40 bits per heavy atom. The summed E-state index contributed by atoms with van der Waals surface area (Å²) in [4.78, 5) is 11.7. The minimum Gasteiger partial charge on any atom is -0.444 e. The normalized spacial score (nSPS) is 12.8. The first-order valence-corrected chi connectivity index (χ1v) is 6.63. The fraction of sp³-hybridized carbons (Fsp3) is 0.533. The van der Waals surface area contributed by atoms with Crippen LogP contribution in [0.3, 0.4) is 0 Å². The Hall–Kier alpha value is -1.59. The van der Waals surface area contributed by atoms with Crippen molar-refractivity contribution in [3.63, 3.8) is 0 Å². The largest absolute Gasteiger partial charge is 0.444 e. The fourth-order valence-electron chi connectivity index (χ4n) is 1.77. The lowest BCUT2D eigenvalue weighted by Gasteiger charge is -2.20. The van der Waals surface area contributed by atoms with E-state index < -0.39 is 11.7 Å². The summed E-state index contributed by atoms with van der Waals surface area (Å²) in [6, 6.07) is 7.49. The lowest BCUT2D eigenvalue weighted by molar-refractivity contribution is 0.0636. The molecule has 3 N–H and O–H groups in total. The van der Waals surface area contributed by atoms with E-state index in [4.69, 9.17) is 15.2 Å². The maximum atomic E-state index is 11.7. The SMILES string of the molecule is COC[C@@H](N)Cc1cccc(NC(=O)OC(C)(C)C)c1. The van der Waals surface area contributed by atoms with Crippen LogP contribution in [0, 0.1) is 0 Å². The number of hydrogen-bond acceptors (Lipinski definition) is 4. The molecule has 0 heterocycles. The Labute approximate surface area is 120 Å². The third kappa shape index (κ3) is 6.54. The molecule has 112 valence electrons. The van der Waals surface area contributed by atoms with E-state index in [0.717, 1.165) is 5.56 Å². The lowest BCUT2D eigenvalue weighted by Crippen LogP contribution is -2.28. The molecule has 1 rings (SSSR count). The van der Waals surface area contributed by atoms with Gasteiger partial charge in [0.15, 0.2) is 0 Å². The van der Waals surface area contributed by atoms with Crippen molar-refractivity contribution < 1.29 is 14.3 Å². The van der Waals surface area contributed by atoms with Gasteiger partial charge in [-0.2, -0.15) is 0 Å². The predicted octanol–water partition coefficient (Wildman–Crippen LogP) is 2.55. The van der Waals surface area contributed by atoms with E-state index in [2.05, 4.69) is 5.32 Å². The zero-order valence-electron chi connectivity index (χ0n) is 12.6. The number of carbonyl (C=O) groups is 1. The van der Waals surface area contributed by atoms with E-state index in [1.165, 1.54) is 0 Å². The van der Waals surface area contributed by atoms with Gasteiger partial charge in [-0.3, -0.25) is 5.32 Å². The Morgan fingerprint density at radius 3 is 2.70 bits per heavy atom. The molecular formula is C15H24N2O3. The minimum absolute atomic E-state index is 0.0585. The van der Waals surface area contributed by atoms with Crippen LogP contribution >= 0.6 is 0 Å². The summed E-state index contributed by atoms with van der Waals surface area (Å²) in [5, 5.41) is 2.71. The molecule has 0 spiro atoms. The van der Waals surface area contributed by atoms with Crippen LogP contribution in [0.2, 0.25) is 0 Å². The van der Waals surface area contributed by atoms with Gasteiger partial charge in [-0.25, -0.2) is 4.79 Å². The van der Waals surface area contributed by atoms with Gasteiger partial charge in [-0.15, -0.1) is 0 Å². The van der Waals surface area contributed by atoms with Crippen molar-refractivity contribution >= 4 is 11.8 Å². The van der Waals surface area contributed by atoms with Crippen LogP contribution < -0.4 is 11.1 Å². The summed E-state index contributed by atoms with van der Waals surface area (Å²) in [7, 11) is 1.63. The second-order valence-corrected chi connectivity index (χ2v) is 5.75. The summed E-state index contributed by atoms with van der Waals surface area (Å²) < 4.78 is 10.2. The van der Waals surface area contributed by atoms with Gasteiger partial charge in [0.25, 0.3) is 0 Å². The minimum atomic E-state index is -0.511. The topological polar surface area (TPSA) is 73.6 Å². The van der Waals surface area contributed by atoms with Crippen LogP contribution in [-0.4, -0.2) is 31.5 Å². The maximum Gasteiger partial charge on any atom is 0.412 e. The molecule has 0 bridgehead atoms. The van der Waals surface area contributed by atoms with Crippen LogP contribution in [0.5, 0.6) is 0 Å². The molecule has 0 aliphatic carbocycles. The summed E-state index contributed by atoms with van der Waals surface area (Å²) >= 11 is 0. The molecule has 1 aromatic carbocycles. The van der Waals surface area contributed by atoms with Crippen LogP contribution in [0.25, 0.3) is 0 Å². The van der Waals surface area contributed by atoms with E-state index in [1.54, 1.807) is 7.11 Å². The summed E-state index contributed by atoms with van der Waals surface area (Å²) in [5.41, 5.74) is 7.14. The molecule has 1 atom stereocenters. The number of nitrogens with two attached hydrogens (primary N) is 1. The van der Waals surface area contributed by atoms with Crippen molar-refractivity contribution in [1.82, 2.24) is 0 Å². The summed E-state index contributed by atoms with van der Waals surface area (Å²) in [5.74, 6) is 0. The standard InChI is InChI=1S/C15H24N2O3/c1-15(2,3)20-14(18)17-13-7-5-6-11(9-13)8-12(16)10-19-4/h5-7,9,12H,8,10,16H2,1-4H3,(H,17,18)/t12-/m0/s1. The molecule has 0 unspecified atom stereocenters. The molecule has 0 aromatic heterocycles. The molecule has 0 aliphatic heterocycles. The highest BCUT2D eigenvalue weighted by Crippen LogP contribution is 2.14. The third-order valence-electron chi connectivity index (χ3n) is 2.45. The Balaban J connectivity index is 2.62. The van der Waals surface area contributed by atoms with E-state index >= 15 is 0 Å². The average molecular weight is 280 g/mol. The van der Waals surface area contributed by atoms with E-state index in [-0.39, 0.29) is 6.04 Å². The molecule has 0 saturated carbocycles. The molecule has 1 amide bonds. The van der Waals surface area contributed by atoms with Crippen molar-refractivity contribution in [2.24, 2.45) is 5.73 Å². The van der Waals surface area contributed by atoms with Crippen molar-refractivity contribution in [3.8, 4) is 0 Å². The van der Waals surface area contributed by atoms with Gasteiger partial charge in [0, 0.05) is 18.8 Å². The fourth-order valence-corrected chi connectivity index (χ4v) is 1.77. The predicted molar refractivity (Wildman–Crippen MR) is 79.9 cm³/mol. The van der Waals surface area contributed by atoms with Crippen molar-refractivity contribution in [3.05, 3.63) is 29.8 Å². The third-order valence-corrected chi connectivity index (χ3v) is 2.45. The highest BCUT2D eigenvalue weighted by atomic mass is 16.6. The molecule has 20 heavy (non-hydrogen) atoms. The van der Waals surface area contributed by atoms with Gasteiger partial charge in [-0.1, -0.05) is 12.1 Å². The lowest BCUT2D eigenvalue weighted by atomic mass is 10.1. The van der Waals surface area contributed by atoms with Crippen molar-refractivity contribution in [1.29, 1.82) is 0 Å². The zero-order chi connectivity index (χ0) is 15.2. The summed E-state index contributed by atoms with van der Waals surface area (Å²) in [6.45, 7) is 5.98. The Kier molecular flexibility index (Phi) is 5.98. The number of methoxy groups -OCH3 is 1. The Morgan fingerprint density at radius 2 is 2.10 bits per heavy atom. The quantitative estimate of drug-likeness (QED) is 0.869. The number of nitrogens with one attached hydrogen (secondary N) is 1. The second kappa shape index (κ2) is 7.26. The van der Waals surface area contributed by atoms with Gasteiger partial charge in [0.2, 0.25) is 0 Å². The van der Waals surface area contributed by atoms with Gasteiger partial charge in [-0.05, 0) is 44.9 Å². The molecule has 0 fully saturated rings.